The monoisotopic (exact) mass is 344 g/mol. The van der Waals surface area contributed by atoms with Gasteiger partial charge in [-0.15, -0.1) is 0 Å². The topological polar surface area (TPSA) is 121 Å². The first kappa shape index (κ1) is 16.9. The van der Waals surface area contributed by atoms with Gasteiger partial charge >= 0.3 is 17.8 Å². The van der Waals surface area contributed by atoms with Gasteiger partial charge in [-0.2, -0.15) is 5.10 Å². The molecule has 2 amide bonds. The van der Waals surface area contributed by atoms with Crippen LogP contribution in [0.5, 0.6) is 0 Å². The van der Waals surface area contributed by atoms with E-state index >= 15 is 0 Å². The Morgan fingerprint density at radius 1 is 1.44 bits per heavy atom. The molecule has 3 rings (SSSR count). The molecular weight excluding hydrogens is 322 g/mol. The number of aromatic amines is 1. The lowest BCUT2D eigenvalue weighted by Crippen LogP contribution is -2.46. The lowest BCUT2D eigenvalue weighted by Gasteiger charge is -2.37. The van der Waals surface area contributed by atoms with Gasteiger partial charge < -0.3 is 10.2 Å². The van der Waals surface area contributed by atoms with E-state index < -0.39 is 11.8 Å². The number of nitrogens with zero attached hydrogens (tertiary/aromatic N) is 4. The molecule has 0 radical (unpaired) electrons. The minimum absolute atomic E-state index is 0.169. The molecule has 0 unspecified atom stereocenters. The summed E-state index contributed by atoms with van der Waals surface area (Å²) < 4.78 is 1.57. The summed E-state index contributed by atoms with van der Waals surface area (Å²) in [4.78, 5) is 30.7. The predicted molar refractivity (Wildman–Crippen MR) is 89.9 cm³/mol. The van der Waals surface area contributed by atoms with Crippen molar-refractivity contribution in [2.75, 3.05) is 17.6 Å². The summed E-state index contributed by atoms with van der Waals surface area (Å²) in [5.74, 6) is -0.601. The van der Waals surface area contributed by atoms with Gasteiger partial charge in [-0.05, 0) is 24.8 Å². The van der Waals surface area contributed by atoms with Crippen molar-refractivity contribution >= 4 is 23.5 Å². The van der Waals surface area contributed by atoms with Crippen molar-refractivity contribution in [1.29, 1.82) is 0 Å². The third-order valence-corrected chi connectivity index (χ3v) is 4.44. The van der Waals surface area contributed by atoms with Crippen LogP contribution in [0, 0.1) is 5.92 Å². The second kappa shape index (κ2) is 6.88. The molecule has 1 saturated heterocycles. The van der Waals surface area contributed by atoms with E-state index in [2.05, 4.69) is 27.4 Å². The van der Waals surface area contributed by atoms with Crippen molar-refractivity contribution in [3.8, 4) is 0 Å². The van der Waals surface area contributed by atoms with Crippen molar-refractivity contribution in [2.24, 2.45) is 13.0 Å². The van der Waals surface area contributed by atoms with Crippen molar-refractivity contribution in [2.45, 2.75) is 25.8 Å². The molecule has 1 aliphatic rings. The quantitative estimate of drug-likeness (QED) is 0.529. The maximum absolute atomic E-state index is 12.7. The van der Waals surface area contributed by atoms with Gasteiger partial charge in [0.1, 0.15) is 11.9 Å². The summed E-state index contributed by atoms with van der Waals surface area (Å²) in [6, 6.07) is 1.67. The number of carbonyl (C=O) groups is 2. The fourth-order valence-corrected chi connectivity index (χ4v) is 3.07. The van der Waals surface area contributed by atoms with E-state index in [-0.39, 0.29) is 6.04 Å². The van der Waals surface area contributed by atoms with Crippen molar-refractivity contribution in [1.82, 2.24) is 20.1 Å². The first-order chi connectivity index (χ1) is 12.0. The van der Waals surface area contributed by atoms with Crippen molar-refractivity contribution < 1.29 is 14.2 Å². The number of hydrogen-bond acceptors (Lipinski definition) is 5. The zero-order chi connectivity index (χ0) is 18.0. The molecule has 0 aliphatic carbocycles. The van der Waals surface area contributed by atoms with Crippen LogP contribution < -0.4 is 15.6 Å². The van der Waals surface area contributed by atoms with Gasteiger partial charge in [-0.25, -0.2) is 4.57 Å². The highest BCUT2D eigenvalue weighted by Gasteiger charge is 2.35. The van der Waals surface area contributed by atoms with E-state index in [1.807, 2.05) is 6.07 Å². The summed E-state index contributed by atoms with van der Waals surface area (Å²) in [6.45, 7) is 2.61. The van der Waals surface area contributed by atoms with Crippen LogP contribution in [-0.4, -0.2) is 38.4 Å². The number of H-pyrrole nitrogens is 1. The van der Waals surface area contributed by atoms with Crippen LogP contribution in [0.25, 0.3) is 0 Å². The second-order valence-electron chi connectivity index (χ2n) is 6.43. The van der Waals surface area contributed by atoms with Crippen molar-refractivity contribution in [3.63, 3.8) is 0 Å². The van der Waals surface area contributed by atoms with Crippen LogP contribution >= 0.6 is 0 Å². The molecule has 4 N–H and O–H groups in total. The molecule has 9 nitrogen and oxygen atoms in total. The summed E-state index contributed by atoms with van der Waals surface area (Å²) in [6.07, 6.45) is 6.47. The number of nitrogen functional groups attached to an aromatic ring is 1. The van der Waals surface area contributed by atoms with E-state index in [9.17, 15) is 9.59 Å². The van der Waals surface area contributed by atoms with Crippen LogP contribution in [0.15, 0.2) is 24.7 Å². The molecule has 25 heavy (non-hydrogen) atoms. The third kappa shape index (κ3) is 3.59. The Balaban J connectivity index is 1.76. The second-order valence-corrected chi connectivity index (χ2v) is 6.43. The molecule has 2 aromatic heterocycles. The standard InChI is InChI=1S/C16H21N7O2/c1-10-3-4-13(12-5-6-19-21-12)23(8-10)15(25)14(24)20-11-7-18-16(17)22(2)9-11/h5-7,9-10,13,17H,3-4,8H2,1-2H3,(H2,19,20,21,24)/p+1/t10-,13+/m1/s1. The molecule has 1 fully saturated rings. The molecule has 0 aromatic carbocycles. The molecular formula is C16H22N7O2+. The summed E-state index contributed by atoms with van der Waals surface area (Å²) in [5, 5.41) is 9.45. The van der Waals surface area contributed by atoms with Gasteiger partial charge in [0.15, 0.2) is 0 Å². The van der Waals surface area contributed by atoms with E-state index in [1.54, 1.807) is 28.9 Å². The number of piperidine rings is 1. The van der Waals surface area contributed by atoms with Gasteiger partial charge in [-0.1, -0.05) is 11.9 Å². The molecule has 2 atom stereocenters. The number of likely N-dealkylation sites (tertiary alicyclic amines) is 1. The predicted octanol–water partition coefficient (Wildman–Crippen LogP) is 0.150. The number of carbonyl (C=O) groups excluding carboxylic acids is 2. The Kier molecular flexibility index (Phi) is 4.64. The summed E-state index contributed by atoms with van der Waals surface area (Å²) >= 11 is 0. The highest BCUT2D eigenvalue weighted by molar-refractivity contribution is 6.39. The van der Waals surface area contributed by atoms with E-state index in [0.29, 0.717) is 24.1 Å². The van der Waals surface area contributed by atoms with Gasteiger partial charge in [0, 0.05) is 12.7 Å². The normalized spacial score (nSPS) is 20.3. The minimum atomic E-state index is -0.690. The van der Waals surface area contributed by atoms with Crippen LogP contribution in [0.1, 0.15) is 31.5 Å². The molecule has 0 saturated carbocycles. The summed E-state index contributed by atoms with van der Waals surface area (Å²) in [5.41, 5.74) is 6.89. The van der Waals surface area contributed by atoms with Gasteiger partial charge in [0.25, 0.3) is 0 Å². The van der Waals surface area contributed by atoms with Gasteiger partial charge in [-0.3, -0.25) is 20.4 Å². The Morgan fingerprint density at radius 2 is 2.24 bits per heavy atom. The number of nitrogens with two attached hydrogens (primary N) is 1. The Labute approximate surface area is 145 Å². The maximum atomic E-state index is 12.7. The van der Waals surface area contributed by atoms with Crippen LogP contribution in [0.2, 0.25) is 0 Å². The number of hydrogen-bond donors (Lipinski definition) is 3. The van der Waals surface area contributed by atoms with E-state index in [1.165, 1.54) is 6.20 Å². The minimum Gasteiger partial charge on any atom is -0.326 e. The van der Waals surface area contributed by atoms with Gasteiger partial charge in [0.2, 0.25) is 0 Å². The first-order valence-electron chi connectivity index (χ1n) is 8.18. The molecule has 1 aliphatic heterocycles. The number of anilines is 2. The zero-order valence-corrected chi connectivity index (χ0v) is 14.3. The van der Waals surface area contributed by atoms with Gasteiger partial charge in [0.05, 0.1) is 25.0 Å². The van der Waals surface area contributed by atoms with Crippen LogP contribution in [0.4, 0.5) is 11.6 Å². The van der Waals surface area contributed by atoms with Crippen LogP contribution in [0.3, 0.4) is 0 Å². The largest absolute Gasteiger partial charge is 0.389 e. The third-order valence-electron chi connectivity index (χ3n) is 4.44. The average Bonchev–Trinajstić information content (AvgIpc) is 3.11. The SMILES string of the molecule is C[C@@H]1CC[C@@H](c2ccn[nH]2)N(C(=O)C(=O)Nc2cnc(N)[n+](C)c2)C1. The number of aromatic nitrogens is 4. The highest BCUT2D eigenvalue weighted by atomic mass is 16.2. The highest BCUT2D eigenvalue weighted by Crippen LogP contribution is 2.32. The number of aryl methyl sites for hydroxylation is 1. The molecule has 9 heteroatoms. The van der Waals surface area contributed by atoms with E-state index in [0.717, 1.165) is 18.5 Å². The molecule has 132 valence electrons. The van der Waals surface area contributed by atoms with Crippen molar-refractivity contribution in [3.05, 3.63) is 30.4 Å². The van der Waals surface area contributed by atoms with Crippen LogP contribution in [-0.2, 0) is 16.6 Å². The number of rotatable bonds is 2. The zero-order valence-electron chi connectivity index (χ0n) is 14.3. The lowest BCUT2D eigenvalue weighted by atomic mass is 9.92. The number of nitrogens with one attached hydrogen (secondary N) is 2. The fraction of sp³-hybridized carbons (Fsp3) is 0.438. The smallest absolute Gasteiger partial charge is 0.326 e. The van der Waals surface area contributed by atoms with E-state index in [4.69, 9.17) is 5.73 Å². The lowest BCUT2D eigenvalue weighted by molar-refractivity contribution is -0.658. The maximum Gasteiger partial charge on any atom is 0.389 e. The Bertz CT molecular complexity index is 775. The summed E-state index contributed by atoms with van der Waals surface area (Å²) in [7, 11) is 1.71. The Morgan fingerprint density at radius 3 is 2.92 bits per heavy atom. The number of amides is 2. The average molecular weight is 344 g/mol. The molecule has 0 spiro atoms. The fourth-order valence-electron chi connectivity index (χ4n) is 3.07. The first-order valence-corrected chi connectivity index (χ1v) is 8.18. The Hall–Kier alpha value is -2.97. The molecule has 2 aromatic rings. The molecule has 3 heterocycles. The molecule has 0 bridgehead atoms.